The monoisotopic (exact) mass is 386 g/mol. The summed E-state index contributed by atoms with van der Waals surface area (Å²) in [6, 6.07) is 11.0. The number of aromatic hydroxyl groups is 1. The van der Waals surface area contributed by atoms with E-state index in [1.54, 1.807) is 24.3 Å². The fourth-order valence-electron chi connectivity index (χ4n) is 2.77. The number of phenols is 1. The van der Waals surface area contributed by atoms with Gasteiger partial charge in [-0.05, 0) is 49.8 Å². The molecule has 2 aromatic carbocycles. The van der Waals surface area contributed by atoms with E-state index in [-0.39, 0.29) is 17.5 Å². The van der Waals surface area contributed by atoms with Crippen LogP contribution in [-0.4, -0.2) is 64.2 Å². The number of nitrogens with zero attached hydrogens (tertiary/aromatic N) is 1. The molecule has 2 rings (SSSR count). The third-order valence-corrected chi connectivity index (χ3v) is 4.18. The van der Waals surface area contributed by atoms with Crippen LogP contribution < -0.4 is 5.32 Å². The number of rotatable bonds is 8. The van der Waals surface area contributed by atoms with Crippen molar-refractivity contribution < 1.29 is 29.9 Å². The highest BCUT2D eigenvalue weighted by atomic mass is 16.4. The molecule has 0 spiro atoms. The molecule has 0 heterocycles. The van der Waals surface area contributed by atoms with Crippen molar-refractivity contribution in [2.75, 3.05) is 14.1 Å². The summed E-state index contributed by atoms with van der Waals surface area (Å²) in [6.45, 7) is 0.721. The average molecular weight is 386 g/mol. The molecule has 2 aromatic rings. The molecule has 1 atom stereocenters. The van der Waals surface area contributed by atoms with Crippen LogP contribution in [0.5, 0.6) is 5.75 Å². The van der Waals surface area contributed by atoms with Crippen molar-refractivity contribution in [2.24, 2.45) is 0 Å². The Labute approximate surface area is 163 Å². The molecule has 0 saturated heterocycles. The van der Waals surface area contributed by atoms with E-state index in [2.05, 4.69) is 5.32 Å². The minimum Gasteiger partial charge on any atom is -0.507 e. The molecule has 148 valence electrons. The second-order valence-electron chi connectivity index (χ2n) is 6.75. The van der Waals surface area contributed by atoms with Crippen LogP contribution in [0.15, 0.2) is 42.5 Å². The van der Waals surface area contributed by atoms with Crippen molar-refractivity contribution in [2.45, 2.75) is 18.9 Å². The first-order valence-electron chi connectivity index (χ1n) is 8.64. The number of carbonyl (C=O) groups is 2. The lowest BCUT2D eigenvalue weighted by atomic mass is 9.75. The van der Waals surface area contributed by atoms with Crippen LogP contribution in [0.1, 0.15) is 31.8 Å². The Morgan fingerprint density at radius 1 is 1.11 bits per heavy atom. The fourth-order valence-corrected chi connectivity index (χ4v) is 2.77. The molecule has 0 aliphatic carbocycles. The predicted molar refractivity (Wildman–Crippen MR) is 104 cm³/mol. The molecular formula is C19H23BN2O6. The van der Waals surface area contributed by atoms with Crippen LogP contribution in [0.4, 0.5) is 0 Å². The number of amides is 1. The van der Waals surface area contributed by atoms with Crippen molar-refractivity contribution in [3.8, 4) is 5.75 Å². The van der Waals surface area contributed by atoms with Gasteiger partial charge in [-0.3, -0.25) is 4.79 Å². The number of para-hydroxylation sites is 1. The summed E-state index contributed by atoms with van der Waals surface area (Å²) in [7, 11) is 1.97. The minimum atomic E-state index is -1.90. The van der Waals surface area contributed by atoms with Crippen molar-refractivity contribution in [3.05, 3.63) is 64.7 Å². The Bertz CT molecular complexity index is 839. The Morgan fingerprint density at radius 3 is 2.29 bits per heavy atom. The predicted octanol–water partition coefficient (Wildman–Crippen LogP) is 0.505. The maximum atomic E-state index is 12.4. The number of carboxylic acid groups (broad SMARTS) is 1. The summed E-state index contributed by atoms with van der Waals surface area (Å²) >= 11 is 0. The molecule has 1 amide bonds. The molecule has 0 saturated carbocycles. The Kier molecular flexibility index (Phi) is 7.16. The van der Waals surface area contributed by atoms with Crippen molar-refractivity contribution in [3.63, 3.8) is 0 Å². The second kappa shape index (κ2) is 9.36. The number of aromatic carboxylic acids is 1. The van der Waals surface area contributed by atoms with Crippen molar-refractivity contribution in [1.82, 2.24) is 10.2 Å². The number of hydrogen-bond donors (Lipinski definition) is 5. The zero-order valence-corrected chi connectivity index (χ0v) is 15.7. The molecule has 0 aromatic heterocycles. The molecule has 8 nitrogen and oxygen atoms in total. The first kappa shape index (κ1) is 21.4. The second-order valence-corrected chi connectivity index (χ2v) is 6.75. The average Bonchev–Trinajstić information content (AvgIpc) is 2.62. The quantitative estimate of drug-likeness (QED) is 0.418. The number of hydrogen-bond acceptors (Lipinski definition) is 6. The van der Waals surface area contributed by atoms with Gasteiger partial charge in [0, 0.05) is 12.1 Å². The van der Waals surface area contributed by atoms with Crippen LogP contribution in [-0.2, 0) is 13.0 Å². The van der Waals surface area contributed by atoms with E-state index in [0.29, 0.717) is 5.56 Å². The summed E-state index contributed by atoms with van der Waals surface area (Å²) in [4.78, 5) is 25.6. The highest BCUT2D eigenvalue weighted by Crippen LogP contribution is 2.24. The van der Waals surface area contributed by atoms with E-state index in [1.165, 1.54) is 18.2 Å². The molecule has 0 aliphatic heterocycles. The molecular weight excluding hydrogens is 363 g/mol. The van der Waals surface area contributed by atoms with Gasteiger partial charge in [0.05, 0.1) is 5.94 Å². The van der Waals surface area contributed by atoms with Gasteiger partial charge in [0.15, 0.2) is 0 Å². The van der Waals surface area contributed by atoms with Crippen molar-refractivity contribution in [1.29, 1.82) is 0 Å². The van der Waals surface area contributed by atoms with Gasteiger partial charge in [-0.25, -0.2) is 4.79 Å². The lowest BCUT2D eigenvalue weighted by Crippen LogP contribution is -2.47. The van der Waals surface area contributed by atoms with Gasteiger partial charge in [-0.1, -0.05) is 24.3 Å². The SMILES string of the molecule is CN(C)Cc1ccc(C(=O)NC(Cc2cccc(C(=O)O)c2O)B(O)O)cc1. The minimum absolute atomic E-state index is 0.158. The molecule has 9 heteroatoms. The topological polar surface area (TPSA) is 130 Å². The largest absolute Gasteiger partial charge is 0.507 e. The van der Waals surface area contributed by atoms with E-state index in [9.17, 15) is 24.7 Å². The Hall–Kier alpha value is -2.88. The number of carboxylic acids is 1. The van der Waals surface area contributed by atoms with Crippen LogP contribution in [0, 0.1) is 0 Å². The van der Waals surface area contributed by atoms with E-state index >= 15 is 0 Å². The maximum Gasteiger partial charge on any atom is 0.475 e. The van der Waals surface area contributed by atoms with Crippen LogP contribution in [0.2, 0.25) is 0 Å². The summed E-state index contributed by atoms with van der Waals surface area (Å²) in [5, 5.41) is 40.9. The maximum absolute atomic E-state index is 12.4. The molecule has 1 unspecified atom stereocenters. The molecule has 0 fully saturated rings. The smallest absolute Gasteiger partial charge is 0.475 e. The summed E-state index contributed by atoms with van der Waals surface area (Å²) in [6.07, 6.45) is -0.158. The van der Waals surface area contributed by atoms with E-state index in [0.717, 1.165) is 12.1 Å². The van der Waals surface area contributed by atoms with Gasteiger partial charge in [-0.15, -0.1) is 0 Å². The molecule has 28 heavy (non-hydrogen) atoms. The molecule has 5 N–H and O–H groups in total. The van der Waals surface area contributed by atoms with Crippen LogP contribution >= 0.6 is 0 Å². The summed E-state index contributed by atoms with van der Waals surface area (Å²) in [5.74, 6) is -3.42. The number of benzene rings is 2. The first-order chi connectivity index (χ1) is 13.2. The molecule has 0 bridgehead atoms. The lowest BCUT2D eigenvalue weighted by molar-refractivity contribution is 0.0693. The molecule has 0 aliphatic rings. The van der Waals surface area contributed by atoms with Crippen LogP contribution in [0.3, 0.4) is 0 Å². The van der Waals surface area contributed by atoms with Gasteiger partial charge in [0.2, 0.25) is 0 Å². The van der Waals surface area contributed by atoms with Gasteiger partial charge in [0.25, 0.3) is 5.91 Å². The van der Waals surface area contributed by atoms with Crippen molar-refractivity contribution >= 4 is 19.0 Å². The van der Waals surface area contributed by atoms with Gasteiger partial charge in [-0.2, -0.15) is 0 Å². The highest BCUT2D eigenvalue weighted by molar-refractivity contribution is 6.43. The standard InChI is InChI=1S/C19H23BN2O6/c1-22(2)11-12-6-8-13(9-7-12)18(24)21-16(20(27)28)10-14-4-3-5-15(17(14)23)19(25)26/h3-9,16,23,27-28H,10-11H2,1-2H3,(H,21,24)(H,25,26). The molecule has 0 radical (unpaired) electrons. The third-order valence-electron chi connectivity index (χ3n) is 4.18. The summed E-state index contributed by atoms with van der Waals surface area (Å²) < 4.78 is 0. The highest BCUT2D eigenvalue weighted by Gasteiger charge is 2.28. The van der Waals surface area contributed by atoms with E-state index in [1.807, 2.05) is 19.0 Å². The Morgan fingerprint density at radius 2 is 1.75 bits per heavy atom. The summed E-state index contributed by atoms with van der Waals surface area (Å²) in [5.41, 5.74) is 1.25. The van der Waals surface area contributed by atoms with Gasteiger partial charge < -0.3 is 30.5 Å². The van der Waals surface area contributed by atoms with E-state index < -0.39 is 30.7 Å². The van der Waals surface area contributed by atoms with Gasteiger partial charge >= 0.3 is 13.1 Å². The van der Waals surface area contributed by atoms with E-state index in [4.69, 9.17) is 5.11 Å². The number of carbonyl (C=O) groups excluding carboxylic acids is 1. The van der Waals surface area contributed by atoms with Gasteiger partial charge in [0.1, 0.15) is 11.3 Å². The third kappa shape index (κ3) is 5.56. The Balaban J connectivity index is 2.14. The fraction of sp³-hybridized carbons (Fsp3) is 0.263. The zero-order chi connectivity index (χ0) is 20.8. The normalized spacial score (nSPS) is 11.9. The lowest BCUT2D eigenvalue weighted by Gasteiger charge is -2.19. The van der Waals surface area contributed by atoms with Crippen LogP contribution in [0.25, 0.3) is 0 Å². The number of nitrogens with one attached hydrogen (secondary N) is 1. The zero-order valence-electron chi connectivity index (χ0n) is 15.7. The first-order valence-corrected chi connectivity index (χ1v) is 8.64.